The van der Waals surface area contributed by atoms with Crippen molar-refractivity contribution in [3.05, 3.63) is 48.5 Å². The number of aliphatic hydroxyl groups excluding tert-OH is 2. The molecule has 4 N–H and O–H groups in total. The van der Waals surface area contributed by atoms with Crippen LogP contribution >= 0.6 is 0 Å². The van der Waals surface area contributed by atoms with E-state index < -0.39 is 12.2 Å². The zero-order valence-electron chi connectivity index (χ0n) is 20.2. The van der Waals surface area contributed by atoms with Crippen molar-refractivity contribution >= 4 is 23.2 Å². The fourth-order valence-electron chi connectivity index (χ4n) is 3.20. The van der Waals surface area contributed by atoms with Crippen LogP contribution in [0, 0.1) is 0 Å². The minimum Gasteiger partial charge on any atom is -0.491 e. The van der Waals surface area contributed by atoms with Gasteiger partial charge in [0.25, 0.3) is 0 Å². The first-order valence-electron chi connectivity index (χ1n) is 11.2. The van der Waals surface area contributed by atoms with E-state index in [1.807, 2.05) is 18.7 Å². The molecule has 0 heterocycles. The molecule has 0 unspecified atom stereocenters. The molecule has 0 fully saturated rings. The quantitative estimate of drug-likeness (QED) is 0.353. The van der Waals surface area contributed by atoms with Crippen molar-refractivity contribution in [3.8, 4) is 11.5 Å². The molecule has 0 aromatic heterocycles. The van der Waals surface area contributed by atoms with Gasteiger partial charge in [-0.3, -0.25) is 14.5 Å². The first kappa shape index (κ1) is 27.1. The maximum absolute atomic E-state index is 11.1. The lowest BCUT2D eigenvalue weighted by atomic mass is 10.2. The molecule has 34 heavy (non-hydrogen) atoms. The average Bonchev–Trinajstić information content (AvgIpc) is 2.77. The third-order valence-corrected chi connectivity index (χ3v) is 4.85. The number of hydrogen-bond donors (Lipinski definition) is 4. The highest BCUT2D eigenvalue weighted by molar-refractivity contribution is 5.89. The van der Waals surface area contributed by atoms with Crippen molar-refractivity contribution in [1.29, 1.82) is 0 Å². The Hall–Kier alpha value is -3.14. The number of rotatable bonds is 13. The number of nitrogens with one attached hydrogen (secondary N) is 2. The maximum Gasteiger partial charge on any atom is 0.221 e. The number of benzene rings is 2. The second-order valence-corrected chi connectivity index (χ2v) is 8.39. The lowest BCUT2D eigenvalue weighted by Crippen LogP contribution is -2.45. The first-order valence-corrected chi connectivity index (χ1v) is 11.2. The van der Waals surface area contributed by atoms with E-state index >= 15 is 0 Å². The van der Waals surface area contributed by atoms with Gasteiger partial charge < -0.3 is 30.3 Å². The van der Waals surface area contributed by atoms with Gasteiger partial charge in [0.1, 0.15) is 36.9 Å². The SMILES string of the molecule is CC(=O)Nc1ccc(OC[C@@H](O)CN(C[C@@H](O)COc2ccc(NC(C)=O)cc2)C(C)C)cc1. The number of hydrogen-bond acceptors (Lipinski definition) is 7. The molecule has 0 radical (unpaired) electrons. The largest absolute Gasteiger partial charge is 0.491 e. The molecular formula is C25H35N3O6. The predicted octanol–water partition coefficient (Wildman–Crippen LogP) is 2.49. The molecule has 0 spiro atoms. The van der Waals surface area contributed by atoms with Gasteiger partial charge in [0, 0.05) is 44.4 Å². The number of nitrogens with zero attached hydrogens (tertiary/aromatic N) is 1. The molecular weight excluding hydrogens is 438 g/mol. The Morgan fingerprint density at radius 3 is 1.41 bits per heavy atom. The van der Waals surface area contributed by atoms with Gasteiger partial charge in [-0.25, -0.2) is 0 Å². The summed E-state index contributed by atoms with van der Waals surface area (Å²) in [4.78, 5) is 24.1. The molecule has 0 saturated heterocycles. The lowest BCUT2D eigenvalue weighted by molar-refractivity contribution is -0.115. The van der Waals surface area contributed by atoms with Gasteiger partial charge >= 0.3 is 0 Å². The van der Waals surface area contributed by atoms with Crippen molar-refractivity contribution in [2.24, 2.45) is 0 Å². The Morgan fingerprint density at radius 1 is 0.765 bits per heavy atom. The van der Waals surface area contributed by atoms with Crippen LogP contribution in [0.4, 0.5) is 11.4 Å². The molecule has 2 aromatic carbocycles. The van der Waals surface area contributed by atoms with Crippen LogP contribution in [0.25, 0.3) is 0 Å². The van der Waals surface area contributed by atoms with Crippen LogP contribution in [-0.4, -0.2) is 71.5 Å². The smallest absolute Gasteiger partial charge is 0.221 e. The summed E-state index contributed by atoms with van der Waals surface area (Å²) in [5.74, 6) is 0.875. The molecule has 0 bridgehead atoms. The Morgan fingerprint density at radius 2 is 1.12 bits per heavy atom. The monoisotopic (exact) mass is 473 g/mol. The Kier molecular flexibility index (Phi) is 10.8. The summed E-state index contributed by atoms with van der Waals surface area (Å²) in [6.07, 6.45) is -1.52. The molecule has 9 heteroatoms. The third-order valence-electron chi connectivity index (χ3n) is 4.85. The van der Waals surface area contributed by atoms with Crippen molar-refractivity contribution in [2.45, 2.75) is 45.9 Å². The van der Waals surface area contributed by atoms with Crippen LogP contribution in [0.2, 0.25) is 0 Å². The number of amides is 2. The van der Waals surface area contributed by atoms with Crippen molar-refractivity contribution in [2.75, 3.05) is 36.9 Å². The number of carbonyl (C=O) groups is 2. The van der Waals surface area contributed by atoms with Crippen molar-refractivity contribution < 1.29 is 29.3 Å². The molecule has 2 amide bonds. The second kappa shape index (κ2) is 13.5. The molecule has 0 saturated carbocycles. The number of aliphatic hydroxyl groups is 2. The van der Waals surface area contributed by atoms with Gasteiger partial charge in [0.15, 0.2) is 0 Å². The average molecular weight is 474 g/mol. The Bertz CT molecular complexity index is 830. The van der Waals surface area contributed by atoms with E-state index in [2.05, 4.69) is 10.6 Å². The number of ether oxygens (including phenoxy) is 2. The summed E-state index contributed by atoms with van der Waals surface area (Å²) in [6, 6.07) is 13.9. The summed E-state index contributed by atoms with van der Waals surface area (Å²) >= 11 is 0. The van der Waals surface area contributed by atoms with Gasteiger partial charge in [-0.2, -0.15) is 0 Å². The summed E-state index contributed by atoms with van der Waals surface area (Å²) in [7, 11) is 0. The Balaban J connectivity index is 1.77. The standard InChI is InChI=1S/C25H35N3O6/c1-17(2)28(13-22(31)15-33-24-9-5-20(6-10-24)26-18(3)29)14-23(32)16-34-25-11-7-21(8-12-25)27-19(4)30/h5-12,17,22-23,31-32H,13-16H2,1-4H3,(H,26,29)(H,27,30)/t22-,23+. The van der Waals surface area contributed by atoms with Crippen LogP contribution in [-0.2, 0) is 9.59 Å². The minimum atomic E-state index is -0.758. The molecule has 0 aliphatic carbocycles. The molecule has 9 nitrogen and oxygen atoms in total. The van der Waals surface area contributed by atoms with Crippen LogP contribution in [0.1, 0.15) is 27.7 Å². The molecule has 2 aromatic rings. The molecule has 2 atom stereocenters. The molecule has 186 valence electrons. The zero-order chi connectivity index (χ0) is 25.1. The topological polar surface area (TPSA) is 120 Å². The van der Waals surface area contributed by atoms with Crippen LogP contribution in [0.15, 0.2) is 48.5 Å². The van der Waals surface area contributed by atoms with Gasteiger partial charge in [0.05, 0.1) is 0 Å². The maximum atomic E-state index is 11.1. The van der Waals surface area contributed by atoms with Gasteiger partial charge in [0.2, 0.25) is 11.8 Å². The fraction of sp³-hybridized carbons (Fsp3) is 0.440. The normalized spacial score (nSPS) is 12.8. The van der Waals surface area contributed by atoms with E-state index in [0.29, 0.717) is 36.0 Å². The summed E-state index contributed by atoms with van der Waals surface area (Å²) in [5, 5.41) is 26.3. The molecule has 0 aliphatic rings. The summed E-state index contributed by atoms with van der Waals surface area (Å²) in [5.41, 5.74) is 1.34. The highest BCUT2D eigenvalue weighted by Crippen LogP contribution is 2.17. The fourth-order valence-corrected chi connectivity index (χ4v) is 3.20. The van der Waals surface area contributed by atoms with E-state index in [9.17, 15) is 19.8 Å². The highest BCUT2D eigenvalue weighted by Gasteiger charge is 2.19. The molecule has 0 aliphatic heterocycles. The predicted molar refractivity (Wildman–Crippen MR) is 131 cm³/mol. The summed E-state index contributed by atoms with van der Waals surface area (Å²) in [6.45, 7) is 7.69. The number of anilines is 2. The second-order valence-electron chi connectivity index (χ2n) is 8.39. The summed E-state index contributed by atoms with van der Waals surface area (Å²) < 4.78 is 11.3. The lowest BCUT2D eigenvalue weighted by Gasteiger charge is -2.30. The zero-order valence-corrected chi connectivity index (χ0v) is 20.2. The van der Waals surface area contributed by atoms with Gasteiger partial charge in [-0.15, -0.1) is 0 Å². The Labute approximate surface area is 200 Å². The van der Waals surface area contributed by atoms with E-state index in [0.717, 1.165) is 0 Å². The van der Waals surface area contributed by atoms with Crippen LogP contribution in [0.5, 0.6) is 11.5 Å². The van der Waals surface area contributed by atoms with E-state index in [4.69, 9.17) is 9.47 Å². The first-order chi connectivity index (χ1) is 16.1. The van der Waals surface area contributed by atoms with Crippen molar-refractivity contribution in [3.63, 3.8) is 0 Å². The third kappa shape index (κ3) is 10.2. The van der Waals surface area contributed by atoms with Gasteiger partial charge in [-0.05, 0) is 62.4 Å². The highest BCUT2D eigenvalue weighted by atomic mass is 16.5. The van der Waals surface area contributed by atoms with Crippen molar-refractivity contribution in [1.82, 2.24) is 4.90 Å². The van der Waals surface area contributed by atoms with E-state index in [1.54, 1.807) is 48.5 Å². The van der Waals surface area contributed by atoms with Crippen LogP contribution in [0.3, 0.4) is 0 Å². The number of carbonyl (C=O) groups excluding carboxylic acids is 2. The van der Waals surface area contributed by atoms with E-state index in [1.165, 1.54) is 13.8 Å². The van der Waals surface area contributed by atoms with E-state index in [-0.39, 0.29) is 31.1 Å². The van der Waals surface area contributed by atoms with Gasteiger partial charge in [-0.1, -0.05) is 0 Å². The minimum absolute atomic E-state index is 0.0932. The van der Waals surface area contributed by atoms with Crippen LogP contribution < -0.4 is 20.1 Å². The molecule has 2 rings (SSSR count).